The molecule has 0 aliphatic carbocycles. The second-order valence-electron chi connectivity index (χ2n) is 21.8. The predicted molar refractivity (Wildman–Crippen MR) is 292 cm³/mol. The molecular formula is C56H67FN14O5S. The van der Waals surface area contributed by atoms with E-state index in [2.05, 4.69) is 45.5 Å². The highest BCUT2D eigenvalue weighted by molar-refractivity contribution is 7.13. The number of thiazole rings is 1. The molecule has 7 aromatic rings. The van der Waals surface area contributed by atoms with Crippen LogP contribution in [0, 0.1) is 24.6 Å². The van der Waals surface area contributed by atoms with Crippen molar-refractivity contribution in [2.45, 2.75) is 109 Å². The molecule has 0 saturated carbocycles. The standard InChI is InChI=1S/C56H67FN14O5S/c1-32(2)50(55(75)70-30-42(72)24-46(70)54(74)62-33(3)36-5-7-38(8-6-36)52-34(4)61-31-77-52)48-26-49(66-76-48)68-19-11-35(12-20-68)29-67-17-13-37(14-18-67)39-27-59-56(60-28-39)69-21-15-41(16-22-69)71-45-25-44(63-64-51(45)53(58)65-71)43-23-40(57)9-10-47(43)73/h5-10,23,25-28,31-33,35,37,41-42,46,50,72-73H,11-22,24,29-30H2,1-4H3,(H2,58,65)(H,62,74)/t33-,42+,46-,50?/m0/s1. The summed E-state index contributed by atoms with van der Waals surface area (Å²) < 4.78 is 21.9. The number of nitrogens with one attached hydrogen (secondary N) is 1. The number of benzene rings is 2. The van der Waals surface area contributed by atoms with Gasteiger partial charge in [0.25, 0.3) is 0 Å². The van der Waals surface area contributed by atoms with Crippen molar-refractivity contribution in [3.05, 3.63) is 101 Å². The molecule has 0 spiro atoms. The predicted octanol–water partition coefficient (Wildman–Crippen LogP) is 7.65. The summed E-state index contributed by atoms with van der Waals surface area (Å²) in [6, 6.07) is 14.4. The second-order valence-corrected chi connectivity index (χ2v) is 22.7. The SMILES string of the molecule is Cc1ncsc1-c1ccc([C@H](C)NC(=O)[C@@H]2C[C@@H](O)CN2C(=O)C(c2cc(N3CCC(CN4CCC(c5cnc(N6CCC(n7nc(N)c8nnc(-c9cc(F)ccc9O)cc87)CC6)nc5)CC4)CC3)no2)C(C)C)cc1. The highest BCUT2D eigenvalue weighted by Gasteiger charge is 2.44. The Labute approximate surface area is 450 Å². The number of aliphatic hydroxyl groups excluding tert-OH is 1. The molecule has 0 bridgehead atoms. The van der Waals surface area contributed by atoms with Crippen LogP contribution in [0.1, 0.15) is 112 Å². The van der Waals surface area contributed by atoms with Crippen LogP contribution in [-0.4, -0.2) is 136 Å². The zero-order chi connectivity index (χ0) is 53.5. The first kappa shape index (κ1) is 52.0. The van der Waals surface area contributed by atoms with Crippen LogP contribution in [0.4, 0.5) is 22.0 Å². The van der Waals surface area contributed by atoms with Crippen molar-refractivity contribution in [3.63, 3.8) is 0 Å². The van der Waals surface area contributed by atoms with Gasteiger partial charge >= 0.3 is 0 Å². The summed E-state index contributed by atoms with van der Waals surface area (Å²) in [6.07, 6.45) is 9.11. The molecule has 4 atom stereocenters. The van der Waals surface area contributed by atoms with E-state index >= 15 is 0 Å². The van der Waals surface area contributed by atoms with Gasteiger partial charge in [-0.25, -0.2) is 19.3 Å². The van der Waals surface area contributed by atoms with E-state index in [1.54, 1.807) is 17.4 Å². The Morgan fingerprint density at radius 3 is 2.32 bits per heavy atom. The smallest absolute Gasteiger partial charge is 0.243 e. The van der Waals surface area contributed by atoms with Gasteiger partial charge in [-0.3, -0.25) is 14.3 Å². The molecule has 4 aliphatic rings. The largest absolute Gasteiger partial charge is 0.507 e. The van der Waals surface area contributed by atoms with E-state index < -0.39 is 23.9 Å². The Balaban J connectivity index is 0.631. The fourth-order valence-corrected chi connectivity index (χ4v) is 12.8. The minimum atomic E-state index is -0.810. The number of nitrogen functional groups attached to an aromatic ring is 1. The van der Waals surface area contributed by atoms with Gasteiger partial charge in [0, 0.05) is 69.7 Å². The number of anilines is 3. The fourth-order valence-electron chi connectivity index (χ4n) is 11.9. The zero-order valence-electron chi connectivity index (χ0n) is 44.0. The van der Waals surface area contributed by atoms with E-state index in [4.69, 9.17) is 20.2 Å². The second kappa shape index (κ2) is 22.1. The number of amides is 2. The highest BCUT2D eigenvalue weighted by atomic mass is 32.1. The number of hydrogen-bond acceptors (Lipinski definition) is 17. The maximum absolute atomic E-state index is 14.4. The van der Waals surface area contributed by atoms with Crippen molar-refractivity contribution in [1.29, 1.82) is 0 Å². The number of likely N-dealkylation sites (tertiary alicyclic amines) is 2. The number of nitrogens with two attached hydrogens (primary N) is 1. The molecule has 0 radical (unpaired) electrons. The number of β-amino-alcohol motifs (C(OH)–C–C–N with tert-alkyl or cyclic N) is 1. The highest BCUT2D eigenvalue weighted by Crippen LogP contribution is 2.37. The molecule has 404 valence electrons. The van der Waals surface area contributed by atoms with E-state index in [0.717, 1.165) is 118 Å². The third kappa shape index (κ3) is 10.9. The van der Waals surface area contributed by atoms with E-state index in [0.29, 0.717) is 34.3 Å². The number of fused-ring (bicyclic) bond motifs is 1. The molecule has 21 heteroatoms. The first-order valence-corrected chi connectivity index (χ1v) is 27.9. The zero-order valence-corrected chi connectivity index (χ0v) is 44.8. The quantitative estimate of drug-likeness (QED) is 0.0819. The molecule has 2 amide bonds. The minimum Gasteiger partial charge on any atom is -0.507 e. The first-order valence-electron chi connectivity index (χ1n) is 27.0. The lowest BCUT2D eigenvalue weighted by Crippen LogP contribution is -2.48. The fraction of sp³-hybridized carbons (Fsp3) is 0.482. The van der Waals surface area contributed by atoms with E-state index in [1.807, 2.05) is 80.6 Å². The van der Waals surface area contributed by atoms with Crippen LogP contribution in [-0.2, 0) is 9.59 Å². The molecule has 11 rings (SSSR count). The number of halogens is 1. The average molecular weight is 1070 g/mol. The third-order valence-corrected chi connectivity index (χ3v) is 17.4. The molecule has 4 saturated heterocycles. The molecule has 77 heavy (non-hydrogen) atoms. The number of aliphatic hydroxyl groups is 1. The van der Waals surface area contributed by atoms with Gasteiger partial charge in [0.05, 0.1) is 45.5 Å². The van der Waals surface area contributed by atoms with Gasteiger partial charge in [-0.15, -0.1) is 21.5 Å². The Bertz CT molecular complexity index is 3200. The molecular weight excluding hydrogens is 1000 g/mol. The van der Waals surface area contributed by atoms with Crippen LogP contribution in [0.3, 0.4) is 0 Å². The van der Waals surface area contributed by atoms with Gasteiger partial charge in [0.2, 0.25) is 17.8 Å². The summed E-state index contributed by atoms with van der Waals surface area (Å²) in [5.74, 6) is 1.26. The van der Waals surface area contributed by atoms with Gasteiger partial charge in [-0.05, 0) is 124 Å². The molecule has 4 fully saturated rings. The van der Waals surface area contributed by atoms with Crippen LogP contribution >= 0.6 is 11.3 Å². The van der Waals surface area contributed by atoms with Crippen molar-refractivity contribution in [3.8, 4) is 27.4 Å². The van der Waals surface area contributed by atoms with Crippen LogP contribution in [0.25, 0.3) is 32.7 Å². The number of carbonyl (C=O) groups is 2. The molecule has 1 unspecified atom stereocenters. The van der Waals surface area contributed by atoms with Crippen molar-refractivity contribution >= 4 is 51.8 Å². The Morgan fingerprint density at radius 1 is 0.896 bits per heavy atom. The summed E-state index contributed by atoms with van der Waals surface area (Å²) >= 11 is 1.60. The monoisotopic (exact) mass is 1070 g/mol. The van der Waals surface area contributed by atoms with E-state index in [9.17, 15) is 24.2 Å². The van der Waals surface area contributed by atoms with Crippen LogP contribution in [0.15, 0.2) is 77.0 Å². The molecule has 9 heterocycles. The molecule has 5 aromatic heterocycles. The Kier molecular flexibility index (Phi) is 14.9. The number of piperidine rings is 3. The van der Waals surface area contributed by atoms with Gasteiger partial charge in [-0.2, -0.15) is 5.10 Å². The lowest BCUT2D eigenvalue weighted by molar-refractivity contribution is -0.141. The minimum absolute atomic E-state index is 0.0468. The summed E-state index contributed by atoms with van der Waals surface area (Å²) in [6.45, 7) is 14.2. The number of nitrogens with zero attached hydrogens (tertiary/aromatic N) is 12. The van der Waals surface area contributed by atoms with Gasteiger partial charge in [0.1, 0.15) is 23.5 Å². The number of aromatic nitrogens is 8. The summed E-state index contributed by atoms with van der Waals surface area (Å²) in [4.78, 5) is 52.0. The van der Waals surface area contributed by atoms with E-state index in [1.165, 1.54) is 28.7 Å². The third-order valence-electron chi connectivity index (χ3n) is 16.4. The van der Waals surface area contributed by atoms with Gasteiger partial charge < -0.3 is 45.4 Å². The normalized spacial score (nSPS) is 20.1. The lowest BCUT2D eigenvalue weighted by Gasteiger charge is -2.37. The van der Waals surface area contributed by atoms with Crippen molar-refractivity contribution < 1.29 is 28.7 Å². The maximum atomic E-state index is 14.4. The Hall–Kier alpha value is -7.10. The number of rotatable bonds is 14. The van der Waals surface area contributed by atoms with Gasteiger partial charge in [0.15, 0.2) is 22.9 Å². The van der Waals surface area contributed by atoms with Crippen molar-refractivity contribution in [1.82, 2.24) is 55.2 Å². The maximum Gasteiger partial charge on any atom is 0.243 e. The first-order chi connectivity index (χ1) is 37.2. The van der Waals surface area contributed by atoms with Crippen molar-refractivity contribution in [2.24, 2.45) is 11.8 Å². The van der Waals surface area contributed by atoms with Crippen LogP contribution in [0.2, 0.25) is 0 Å². The number of phenols is 1. The Morgan fingerprint density at radius 2 is 1.62 bits per heavy atom. The summed E-state index contributed by atoms with van der Waals surface area (Å²) in [5.41, 5.74) is 14.0. The van der Waals surface area contributed by atoms with Crippen LogP contribution in [0.5, 0.6) is 5.75 Å². The molecule has 4 aliphatic heterocycles. The number of hydrogen-bond donors (Lipinski definition) is 4. The number of aryl methyl sites for hydroxylation is 1. The topological polar surface area (TPSA) is 234 Å². The summed E-state index contributed by atoms with van der Waals surface area (Å²) in [7, 11) is 0. The summed E-state index contributed by atoms with van der Waals surface area (Å²) in [5, 5.41) is 41.9. The molecule has 19 nitrogen and oxygen atoms in total. The average Bonchev–Trinajstić information content (AvgIpc) is 4.29. The number of carbonyl (C=O) groups excluding carboxylic acids is 2. The molecule has 5 N–H and O–H groups in total. The van der Waals surface area contributed by atoms with Crippen molar-refractivity contribution in [2.75, 3.05) is 67.9 Å². The lowest BCUT2D eigenvalue weighted by atomic mass is 9.89. The number of phenolic OH excluding ortho intramolecular Hbond substituents is 1. The van der Waals surface area contributed by atoms with Gasteiger partial charge in [-0.1, -0.05) is 43.3 Å². The van der Waals surface area contributed by atoms with E-state index in [-0.39, 0.29) is 59.9 Å². The number of aromatic hydroxyl groups is 1. The van der Waals surface area contributed by atoms with Crippen LogP contribution < -0.4 is 20.9 Å². The molecule has 2 aromatic carbocycles.